The molecule has 0 aliphatic heterocycles. The number of amides is 1. The molecule has 10 heteroatoms. The van der Waals surface area contributed by atoms with E-state index in [4.69, 9.17) is 54.3 Å². The van der Waals surface area contributed by atoms with E-state index in [1.807, 2.05) is 6.07 Å². The Kier molecular flexibility index (Phi) is 9.01. The van der Waals surface area contributed by atoms with Gasteiger partial charge in [0.15, 0.2) is 24.2 Å². The Labute approximate surface area is 194 Å². The Morgan fingerprint density at radius 3 is 2.52 bits per heavy atom. The van der Waals surface area contributed by atoms with Crippen molar-refractivity contribution in [2.24, 2.45) is 0 Å². The molecule has 0 radical (unpaired) electrons. The minimum Gasteiger partial charge on any atom is -0.493 e. The lowest BCUT2D eigenvalue weighted by molar-refractivity contribution is -0.148. The number of nitriles is 1. The monoisotopic (exact) mass is 482 g/mol. The summed E-state index contributed by atoms with van der Waals surface area (Å²) in [6, 6.07) is 9.56. The number of methoxy groups -OCH3 is 1. The molecule has 2 rings (SSSR count). The van der Waals surface area contributed by atoms with Gasteiger partial charge in [0.05, 0.1) is 27.9 Å². The number of hydrogen-bond donors (Lipinski definition) is 1. The van der Waals surface area contributed by atoms with E-state index in [-0.39, 0.29) is 27.4 Å². The van der Waals surface area contributed by atoms with Crippen molar-refractivity contribution in [2.75, 3.05) is 19.0 Å². The first-order chi connectivity index (χ1) is 14.7. The van der Waals surface area contributed by atoms with Gasteiger partial charge in [0, 0.05) is 6.08 Å². The summed E-state index contributed by atoms with van der Waals surface area (Å²) in [4.78, 5) is 24.3. The Morgan fingerprint density at radius 1 is 1.13 bits per heavy atom. The second-order valence-electron chi connectivity index (χ2n) is 6.00. The molecule has 31 heavy (non-hydrogen) atoms. The second kappa shape index (κ2) is 11.5. The molecule has 0 saturated heterocycles. The molecular formula is C21H17Cl3N2O5. The van der Waals surface area contributed by atoms with Crippen LogP contribution in [-0.2, 0) is 14.3 Å². The Morgan fingerprint density at radius 2 is 1.84 bits per heavy atom. The molecule has 1 N–H and O–H groups in total. The SMILES string of the molecule is COc1cc(/C=C/C(=O)OC(C)C(=O)Nc2cc(Cl)c(Cl)cc2Cl)ccc1OCC#N. The molecule has 7 nitrogen and oxygen atoms in total. The summed E-state index contributed by atoms with van der Waals surface area (Å²) >= 11 is 17.8. The summed E-state index contributed by atoms with van der Waals surface area (Å²) in [7, 11) is 1.46. The summed E-state index contributed by atoms with van der Waals surface area (Å²) in [5.74, 6) is -0.526. The zero-order valence-electron chi connectivity index (χ0n) is 16.4. The molecule has 0 spiro atoms. The molecule has 1 amide bonds. The number of esters is 1. The lowest BCUT2D eigenvalue weighted by atomic mass is 10.2. The van der Waals surface area contributed by atoms with Gasteiger partial charge in [0.25, 0.3) is 5.91 Å². The molecule has 0 aliphatic carbocycles. The molecule has 0 aromatic heterocycles. The lowest BCUT2D eigenvalue weighted by Crippen LogP contribution is -2.29. The van der Waals surface area contributed by atoms with Gasteiger partial charge in [-0.15, -0.1) is 0 Å². The zero-order valence-corrected chi connectivity index (χ0v) is 18.7. The fourth-order valence-corrected chi connectivity index (χ4v) is 2.90. The number of ether oxygens (including phenoxy) is 3. The van der Waals surface area contributed by atoms with E-state index in [1.165, 1.54) is 38.3 Å². The minimum absolute atomic E-state index is 0.120. The Hall–Kier alpha value is -2.92. The van der Waals surface area contributed by atoms with E-state index in [9.17, 15) is 9.59 Å². The highest BCUT2D eigenvalue weighted by Gasteiger charge is 2.18. The maximum atomic E-state index is 12.3. The molecule has 0 bridgehead atoms. The molecule has 2 aromatic carbocycles. The largest absolute Gasteiger partial charge is 0.493 e. The highest BCUT2D eigenvalue weighted by Crippen LogP contribution is 2.32. The molecule has 162 valence electrons. The third kappa shape index (κ3) is 7.07. The molecule has 0 fully saturated rings. The molecule has 0 saturated carbocycles. The average Bonchev–Trinajstić information content (AvgIpc) is 2.74. The summed E-state index contributed by atoms with van der Waals surface area (Å²) in [5, 5.41) is 11.8. The van der Waals surface area contributed by atoms with Gasteiger partial charge >= 0.3 is 5.97 Å². The van der Waals surface area contributed by atoms with Crippen LogP contribution in [0.15, 0.2) is 36.4 Å². The average molecular weight is 484 g/mol. The van der Waals surface area contributed by atoms with Gasteiger partial charge in [-0.3, -0.25) is 4.79 Å². The Balaban J connectivity index is 1.98. The second-order valence-corrected chi connectivity index (χ2v) is 7.23. The molecule has 0 aliphatic rings. The number of halogens is 3. The van der Waals surface area contributed by atoms with E-state index < -0.39 is 18.0 Å². The number of carbonyl (C=O) groups excluding carboxylic acids is 2. The van der Waals surface area contributed by atoms with Gasteiger partial charge in [-0.1, -0.05) is 40.9 Å². The van der Waals surface area contributed by atoms with Crippen LogP contribution in [0.3, 0.4) is 0 Å². The van der Waals surface area contributed by atoms with Crippen molar-refractivity contribution >= 4 is 58.4 Å². The summed E-state index contributed by atoms with van der Waals surface area (Å²) in [6.45, 7) is 1.29. The fourth-order valence-electron chi connectivity index (χ4n) is 2.30. The topological polar surface area (TPSA) is 97.7 Å². The first kappa shape index (κ1) is 24.4. The highest BCUT2D eigenvalue weighted by atomic mass is 35.5. The standard InChI is InChI=1S/C21H17Cl3N2O5/c1-12(21(28)26-17-11-15(23)14(22)10-16(17)24)31-20(27)6-4-13-3-5-18(30-8-7-25)19(9-13)29-2/h3-6,9-12H,8H2,1-2H3,(H,26,28)/b6-4+. The molecule has 2 aromatic rings. The van der Waals surface area contributed by atoms with Gasteiger partial charge in [-0.25, -0.2) is 4.79 Å². The summed E-state index contributed by atoms with van der Waals surface area (Å²) in [6.07, 6.45) is 1.55. The molecule has 1 unspecified atom stereocenters. The van der Waals surface area contributed by atoms with Gasteiger partial charge < -0.3 is 19.5 Å². The van der Waals surface area contributed by atoms with Crippen molar-refractivity contribution in [3.05, 3.63) is 57.0 Å². The maximum Gasteiger partial charge on any atom is 0.331 e. The van der Waals surface area contributed by atoms with Gasteiger partial charge in [-0.2, -0.15) is 5.26 Å². The normalized spacial score (nSPS) is 11.5. The van der Waals surface area contributed by atoms with Gasteiger partial charge in [0.2, 0.25) is 0 Å². The first-order valence-electron chi connectivity index (χ1n) is 8.77. The number of rotatable bonds is 8. The van der Waals surface area contributed by atoms with Crippen LogP contribution in [0.1, 0.15) is 12.5 Å². The Bertz CT molecular complexity index is 1050. The van der Waals surface area contributed by atoms with Crippen LogP contribution in [0, 0.1) is 11.3 Å². The molecule has 0 heterocycles. The number of anilines is 1. The molecule has 1 atom stereocenters. The van der Waals surface area contributed by atoms with Crippen LogP contribution < -0.4 is 14.8 Å². The zero-order chi connectivity index (χ0) is 23.0. The number of hydrogen-bond acceptors (Lipinski definition) is 6. The van der Waals surface area contributed by atoms with E-state index in [1.54, 1.807) is 18.2 Å². The lowest BCUT2D eigenvalue weighted by Gasteiger charge is -2.14. The van der Waals surface area contributed by atoms with E-state index in [0.29, 0.717) is 17.1 Å². The van der Waals surface area contributed by atoms with Crippen molar-refractivity contribution in [2.45, 2.75) is 13.0 Å². The summed E-state index contributed by atoms with van der Waals surface area (Å²) < 4.78 is 15.5. The van der Waals surface area contributed by atoms with Crippen LogP contribution in [0.5, 0.6) is 11.5 Å². The predicted octanol–water partition coefficient (Wildman–Crippen LogP) is 5.14. The van der Waals surface area contributed by atoms with Crippen molar-refractivity contribution < 1.29 is 23.8 Å². The quantitative estimate of drug-likeness (QED) is 0.317. The fraction of sp³-hybridized carbons (Fsp3) is 0.190. The minimum atomic E-state index is -1.10. The third-order valence-electron chi connectivity index (χ3n) is 3.82. The maximum absolute atomic E-state index is 12.3. The van der Waals surface area contributed by atoms with Crippen LogP contribution in [0.2, 0.25) is 15.1 Å². The predicted molar refractivity (Wildman–Crippen MR) is 119 cm³/mol. The smallest absolute Gasteiger partial charge is 0.331 e. The highest BCUT2D eigenvalue weighted by molar-refractivity contribution is 6.44. The summed E-state index contributed by atoms with van der Waals surface area (Å²) in [5.41, 5.74) is 0.864. The van der Waals surface area contributed by atoms with Crippen molar-refractivity contribution in [1.29, 1.82) is 5.26 Å². The number of nitrogens with one attached hydrogen (secondary N) is 1. The van der Waals surface area contributed by atoms with E-state index >= 15 is 0 Å². The first-order valence-corrected chi connectivity index (χ1v) is 9.90. The van der Waals surface area contributed by atoms with E-state index in [0.717, 1.165) is 0 Å². The van der Waals surface area contributed by atoms with Crippen molar-refractivity contribution in [3.63, 3.8) is 0 Å². The number of nitrogens with zero attached hydrogens (tertiary/aromatic N) is 1. The van der Waals surface area contributed by atoms with Crippen LogP contribution in [-0.4, -0.2) is 31.7 Å². The van der Waals surface area contributed by atoms with Crippen LogP contribution in [0.25, 0.3) is 6.08 Å². The van der Waals surface area contributed by atoms with Crippen molar-refractivity contribution in [1.82, 2.24) is 0 Å². The van der Waals surface area contributed by atoms with Crippen molar-refractivity contribution in [3.8, 4) is 17.6 Å². The van der Waals surface area contributed by atoms with Crippen LogP contribution >= 0.6 is 34.8 Å². The van der Waals surface area contributed by atoms with Gasteiger partial charge in [0.1, 0.15) is 6.07 Å². The van der Waals surface area contributed by atoms with E-state index in [2.05, 4.69) is 5.32 Å². The molecular weight excluding hydrogens is 467 g/mol. The number of carbonyl (C=O) groups is 2. The van der Waals surface area contributed by atoms with Gasteiger partial charge in [-0.05, 0) is 42.8 Å². The van der Waals surface area contributed by atoms with Crippen LogP contribution in [0.4, 0.5) is 5.69 Å². The number of benzene rings is 2. The third-order valence-corrected chi connectivity index (χ3v) is 4.86.